The first-order chi connectivity index (χ1) is 6.36. The fraction of sp³-hybridized carbons (Fsp3) is 0.444. The largest absolute Gasteiger partial charge is 0.333 e. The standard InChI is InChI=1S/C9H10N2O2S/c1-9(2,3)7-5-6(10-4)8(14-7)11(12)13/h5H,1-3H3. The van der Waals surface area contributed by atoms with E-state index in [2.05, 4.69) is 4.85 Å². The molecule has 5 heteroatoms. The van der Waals surface area contributed by atoms with Crippen molar-refractivity contribution in [3.63, 3.8) is 0 Å². The summed E-state index contributed by atoms with van der Waals surface area (Å²) in [5.41, 5.74) is 0.00294. The summed E-state index contributed by atoms with van der Waals surface area (Å²) in [7, 11) is 0. The molecule has 4 nitrogen and oxygen atoms in total. The van der Waals surface area contributed by atoms with Crippen LogP contribution in [0.15, 0.2) is 6.07 Å². The molecule has 0 bridgehead atoms. The minimum atomic E-state index is -0.493. The van der Waals surface area contributed by atoms with Crippen molar-refractivity contribution in [2.24, 2.45) is 0 Å². The second-order valence-electron chi connectivity index (χ2n) is 3.92. The second-order valence-corrected chi connectivity index (χ2v) is 4.95. The lowest BCUT2D eigenvalue weighted by molar-refractivity contribution is -0.379. The Hall–Kier alpha value is -1.41. The number of nitro groups is 1. The van der Waals surface area contributed by atoms with Crippen molar-refractivity contribution in [2.75, 3.05) is 0 Å². The van der Waals surface area contributed by atoms with E-state index in [0.29, 0.717) is 0 Å². The maximum absolute atomic E-state index is 10.6. The zero-order chi connectivity index (χ0) is 10.9. The summed E-state index contributed by atoms with van der Waals surface area (Å²) in [5.74, 6) is 0. The Balaban J connectivity index is 3.29. The monoisotopic (exact) mass is 210 g/mol. The molecule has 1 aromatic rings. The van der Waals surface area contributed by atoms with Crippen molar-refractivity contribution >= 4 is 22.0 Å². The molecule has 0 spiro atoms. The Labute approximate surface area is 86.2 Å². The first kappa shape index (κ1) is 10.7. The molecule has 14 heavy (non-hydrogen) atoms. The smallest absolute Gasteiger partial charge is 0.259 e. The van der Waals surface area contributed by atoms with Gasteiger partial charge in [0.2, 0.25) is 0 Å². The molecule has 1 rings (SSSR count). The van der Waals surface area contributed by atoms with Crippen LogP contribution in [-0.4, -0.2) is 4.92 Å². The van der Waals surface area contributed by atoms with Crippen LogP contribution in [0.3, 0.4) is 0 Å². The van der Waals surface area contributed by atoms with E-state index in [-0.39, 0.29) is 16.1 Å². The zero-order valence-electron chi connectivity index (χ0n) is 8.20. The minimum Gasteiger partial charge on any atom is -0.259 e. The first-order valence-corrected chi connectivity index (χ1v) is 4.84. The van der Waals surface area contributed by atoms with E-state index in [1.165, 1.54) is 0 Å². The molecule has 0 N–H and O–H groups in total. The third-order valence-electron chi connectivity index (χ3n) is 1.72. The average molecular weight is 210 g/mol. The molecule has 0 aliphatic rings. The van der Waals surface area contributed by atoms with E-state index in [1.54, 1.807) is 6.07 Å². The summed E-state index contributed by atoms with van der Waals surface area (Å²) in [6.07, 6.45) is 0. The highest BCUT2D eigenvalue weighted by Gasteiger charge is 2.25. The van der Waals surface area contributed by atoms with Gasteiger partial charge in [-0.1, -0.05) is 32.1 Å². The maximum Gasteiger partial charge on any atom is 0.333 e. The molecule has 1 heterocycles. The van der Waals surface area contributed by atoms with Crippen molar-refractivity contribution in [1.82, 2.24) is 0 Å². The van der Waals surface area contributed by atoms with E-state index in [9.17, 15) is 10.1 Å². The van der Waals surface area contributed by atoms with Gasteiger partial charge in [0.1, 0.15) is 0 Å². The molecule has 0 aliphatic carbocycles. The Morgan fingerprint density at radius 2 is 2.14 bits per heavy atom. The molecule has 0 fully saturated rings. The van der Waals surface area contributed by atoms with Crippen LogP contribution in [0.25, 0.3) is 4.85 Å². The SMILES string of the molecule is [C-]#[N+]c1cc(C(C)(C)C)sc1[N+](=O)[O-]. The van der Waals surface area contributed by atoms with Crippen LogP contribution in [0.2, 0.25) is 0 Å². The van der Waals surface area contributed by atoms with Gasteiger partial charge in [-0.05, 0) is 11.5 Å². The van der Waals surface area contributed by atoms with Gasteiger partial charge >= 0.3 is 5.00 Å². The summed E-state index contributed by atoms with van der Waals surface area (Å²) in [6, 6.07) is 1.61. The highest BCUT2D eigenvalue weighted by Crippen LogP contribution is 2.41. The van der Waals surface area contributed by atoms with Crippen LogP contribution in [-0.2, 0) is 5.41 Å². The molecule has 74 valence electrons. The quantitative estimate of drug-likeness (QED) is 0.404. The van der Waals surface area contributed by atoms with Crippen LogP contribution in [0.4, 0.5) is 10.7 Å². The molecule has 0 aromatic carbocycles. The van der Waals surface area contributed by atoms with Gasteiger partial charge in [0.25, 0.3) is 5.69 Å². The van der Waals surface area contributed by atoms with Crippen molar-refractivity contribution < 1.29 is 4.92 Å². The molecule has 0 saturated heterocycles. The van der Waals surface area contributed by atoms with E-state index in [4.69, 9.17) is 6.57 Å². The number of thiophene rings is 1. The summed E-state index contributed by atoms with van der Waals surface area (Å²) in [5, 5.41) is 10.5. The molecular formula is C9H10N2O2S. The highest BCUT2D eigenvalue weighted by molar-refractivity contribution is 7.16. The Morgan fingerprint density at radius 1 is 1.57 bits per heavy atom. The van der Waals surface area contributed by atoms with Gasteiger partial charge in [-0.15, -0.1) is 0 Å². The molecule has 0 unspecified atom stereocenters. The van der Waals surface area contributed by atoms with Gasteiger partial charge in [-0.25, -0.2) is 4.85 Å². The Kier molecular flexibility index (Phi) is 2.58. The summed E-state index contributed by atoms with van der Waals surface area (Å²) >= 11 is 1.09. The lowest BCUT2D eigenvalue weighted by atomic mass is 9.95. The molecule has 0 aliphatic heterocycles. The Bertz CT molecular complexity index is 409. The van der Waals surface area contributed by atoms with Crippen LogP contribution >= 0.6 is 11.3 Å². The lowest BCUT2D eigenvalue weighted by Crippen LogP contribution is -2.07. The van der Waals surface area contributed by atoms with Crippen LogP contribution in [0.1, 0.15) is 25.6 Å². The van der Waals surface area contributed by atoms with Gasteiger partial charge in [0.05, 0.1) is 11.5 Å². The summed E-state index contributed by atoms with van der Waals surface area (Å²) in [6.45, 7) is 12.7. The predicted octanol–water partition coefficient (Wildman–Crippen LogP) is 3.50. The van der Waals surface area contributed by atoms with E-state index >= 15 is 0 Å². The van der Waals surface area contributed by atoms with Crippen LogP contribution < -0.4 is 0 Å². The van der Waals surface area contributed by atoms with Crippen LogP contribution in [0.5, 0.6) is 0 Å². The minimum absolute atomic E-state index is 0.0510. The van der Waals surface area contributed by atoms with E-state index in [0.717, 1.165) is 16.2 Å². The maximum atomic E-state index is 10.6. The lowest BCUT2D eigenvalue weighted by Gasteiger charge is -2.14. The van der Waals surface area contributed by atoms with Gasteiger partial charge in [0, 0.05) is 4.88 Å². The molecule has 0 atom stereocenters. The number of hydrogen-bond donors (Lipinski definition) is 0. The third kappa shape index (κ3) is 1.91. The van der Waals surface area contributed by atoms with Crippen molar-refractivity contribution in [2.45, 2.75) is 26.2 Å². The van der Waals surface area contributed by atoms with Crippen molar-refractivity contribution in [1.29, 1.82) is 0 Å². The van der Waals surface area contributed by atoms with Gasteiger partial charge < -0.3 is 0 Å². The zero-order valence-corrected chi connectivity index (χ0v) is 9.01. The van der Waals surface area contributed by atoms with Gasteiger partial charge in [-0.3, -0.25) is 10.1 Å². The van der Waals surface area contributed by atoms with Crippen molar-refractivity contribution in [3.05, 3.63) is 32.5 Å². The fourth-order valence-electron chi connectivity index (χ4n) is 0.952. The van der Waals surface area contributed by atoms with Gasteiger partial charge in [-0.2, -0.15) is 0 Å². The van der Waals surface area contributed by atoms with Crippen molar-refractivity contribution in [3.8, 4) is 0 Å². The second kappa shape index (κ2) is 3.39. The average Bonchev–Trinajstić information content (AvgIpc) is 2.45. The molecule has 1 aromatic heterocycles. The molecule has 0 amide bonds. The number of hydrogen-bond acceptors (Lipinski definition) is 3. The molecule has 0 saturated carbocycles. The molecular weight excluding hydrogens is 200 g/mol. The van der Waals surface area contributed by atoms with Crippen LogP contribution in [0, 0.1) is 16.7 Å². The molecule has 0 radical (unpaired) electrons. The third-order valence-corrected chi connectivity index (χ3v) is 3.22. The highest BCUT2D eigenvalue weighted by atomic mass is 32.1. The normalized spacial score (nSPS) is 11.0. The van der Waals surface area contributed by atoms with Gasteiger partial charge in [0.15, 0.2) is 0 Å². The Morgan fingerprint density at radius 3 is 2.43 bits per heavy atom. The topological polar surface area (TPSA) is 47.5 Å². The predicted molar refractivity (Wildman–Crippen MR) is 55.9 cm³/mol. The number of nitrogens with zero attached hydrogens (tertiary/aromatic N) is 2. The van der Waals surface area contributed by atoms with E-state index < -0.39 is 4.92 Å². The van der Waals surface area contributed by atoms with E-state index in [1.807, 2.05) is 20.8 Å². The first-order valence-electron chi connectivity index (χ1n) is 4.02. The number of rotatable bonds is 1. The fourth-order valence-corrected chi connectivity index (χ4v) is 1.92. The summed E-state index contributed by atoms with van der Waals surface area (Å²) < 4.78 is 0. The summed E-state index contributed by atoms with van der Waals surface area (Å²) in [4.78, 5) is 14.1.